The highest BCUT2D eigenvalue weighted by molar-refractivity contribution is 14.1. The zero-order valence-electron chi connectivity index (χ0n) is 7.59. The normalized spacial score (nSPS) is 9.79. The number of primary amides is 1. The van der Waals surface area contributed by atoms with Crippen molar-refractivity contribution >= 4 is 39.9 Å². The van der Waals surface area contributed by atoms with E-state index < -0.39 is 0 Å². The van der Waals surface area contributed by atoms with Crippen molar-refractivity contribution < 1.29 is 4.79 Å². The van der Waals surface area contributed by atoms with Crippen LogP contribution in [0.15, 0.2) is 18.2 Å². The average molecular weight is 305 g/mol. The van der Waals surface area contributed by atoms with Gasteiger partial charge in [-0.25, -0.2) is 0 Å². The van der Waals surface area contributed by atoms with E-state index in [1.807, 2.05) is 18.2 Å². The van der Waals surface area contributed by atoms with Crippen molar-refractivity contribution in [3.63, 3.8) is 0 Å². The van der Waals surface area contributed by atoms with Gasteiger partial charge in [0, 0.05) is 27.9 Å². The van der Waals surface area contributed by atoms with Crippen LogP contribution in [0.4, 0.5) is 11.4 Å². The van der Waals surface area contributed by atoms with Gasteiger partial charge in [-0.1, -0.05) is 0 Å². The van der Waals surface area contributed by atoms with Crippen LogP contribution in [-0.2, 0) is 4.79 Å². The zero-order chi connectivity index (χ0) is 10.6. The molecule has 5 N–H and O–H groups in total. The molecule has 14 heavy (non-hydrogen) atoms. The van der Waals surface area contributed by atoms with Gasteiger partial charge in [0.05, 0.1) is 0 Å². The molecule has 0 aliphatic carbocycles. The number of nitrogen functional groups attached to an aromatic ring is 1. The lowest BCUT2D eigenvalue weighted by Crippen LogP contribution is -2.16. The highest BCUT2D eigenvalue weighted by Crippen LogP contribution is 2.20. The molecule has 0 atom stereocenters. The molecule has 0 saturated heterocycles. The van der Waals surface area contributed by atoms with E-state index in [-0.39, 0.29) is 5.91 Å². The molecule has 1 aromatic carbocycles. The van der Waals surface area contributed by atoms with E-state index in [1.165, 1.54) is 0 Å². The lowest BCUT2D eigenvalue weighted by Gasteiger charge is -2.07. The van der Waals surface area contributed by atoms with E-state index in [1.54, 1.807) is 0 Å². The number of hydrogen-bond acceptors (Lipinski definition) is 3. The monoisotopic (exact) mass is 305 g/mol. The standard InChI is InChI=1S/C9H12IN3O/c10-7-5-6(11)1-2-8(7)13-4-3-9(12)14/h1-2,5,13H,3-4,11H2,(H2,12,14). The van der Waals surface area contributed by atoms with E-state index in [4.69, 9.17) is 11.5 Å². The Labute approximate surface area is 96.2 Å². The average Bonchev–Trinajstić information content (AvgIpc) is 2.08. The molecule has 0 aliphatic heterocycles. The van der Waals surface area contributed by atoms with E-state index in [0.29, 0.717) is 13.0 Å². The lowest BCUT2D eigenvalue weighted by atomic mass is 10.3. The summed E-state index contributed by atoms with van der Waals surface area (Å²) >= 11 is 2.18. The van der Waals surface area contributed by atoms with Gasteiger partial charge in [-0.2, -0.15) is 0 Å². The number of carbonyl (C=O) groups is 1. The fourth-order valence-electron chi connectivity index (χ4n) is 0.995. The lowest BCUT2D eigenvalue weighted by molar-refractivity contribution is -0.117. The summed E-state index contributed by atoms with van der Waals surface area (Å²) in [5.74, 6) is -0.303. The first-order chi connectivity index (χ1) is 6.59. The van der Waals surface area contributed by atoms with Crippen LogP contribution in [-0.4, -0.2) is 12.5 Å². The topological polar surface area (TPSA) is 81.1 Å². The zero-order valence-corrected chi connectivity index (χ0v) is 9.74. The molecule has 0 heterocycles. The molecule has 0 aromatic heterocycles. The van der Waals surface area contributed by atoms with Crippen LogP contribution in [0.2, 0.25) is 0 Å². The van der Waals surface area contributed by atoms with Gasteiger partial charge in [-0.15, -0.1) is 0 Å². The molecule has 0 radical (unpaired) electrons. The van der Waals surface area contributed by atoms with Crippen LogP contribution in [0.25, 0.3) is 0 Å². The van der Waals surface area contributed by atoms with Crippen molar-refractivity contribution in [1.82, 2.24) is 0 Å². The molecule has 0 fully saturated rings. The Morgan fingerprint density at radius 2 is 2.21 bits per heavy atom. The maximum Gasteiger partial charge on any atom is 0.219 e. The third-order valence-corrected chi connectivity index (χ3v) is 2.57. The third-order valence-electron chi connectivity index (χ3n) is 1.68. The molecule has 0 bridgehead atoms. The van der Waals surface area contributed by atoms with E-state index in [0.717, 1.165) is 14.9 Å². The summed E-state index contributed by atoms with van der Waals surface area (Å²) < 4.78 is 1.03. The predicted octanol–water partition coefficient (Wildman–Crippen LogP) is 1.16. The minimum Gasteiger partial charge on any atom is -0.399 e. The predicted molar refractivity (Wildman–Crippen MR) is 65.9 cm³/mol. The first-order valence-corrected chi connectivity index (χ1v) is 5.24. The molecule has 76 valence electrons. The Bertz CT molecular complexity index is 341. The summed E-state index contributed by atoms with van der Waals surface area (Å²) in [5.41, 5.74) is 12.3. The Morgan fingerprint density at radius 3 is 2.79 bits per heavy atom. The fraction of sp³-hybridized carbons (Fsp3) is 0.222. The van der Waals surface area contributed by atoms with E-state index in [2.05, 4.69) is 27.9 Å². The van der Waals surface area contributed by atoms with Gasteiger partial charge in [0.1, 0.15) is 0 Å². The number of benzene rings is 1. The van der Waals surface area contributed by atoms with Crippen molar-refractivity contribution in [2.24, 2.45) is 5.73 Å². The second-order valence-electron chi connectivity index (χ2n) is 2.88. The third kappa shape index (κ3) is 3.41. The Hall–Kier alpha value is -0.980. The van der Waals surface area contributed by atoms with Gasteiger partial charge in [0.2, 0.25) is 5.91 Å². The van der Waals surface area contributed by atoms with Crippen LogP contribution in [0.5, 0.6) is 0 Å². The molecule has 0 spiro atoms. The van der Waals surface area contributed by atoms with E-state index >= 15 is 0 Å². The first-order valence-electron chi connectivity index (χ1n) is 4.17. The summed E-state index contributed by atoms with van der Waals surface area (Å²) in [6.07, 6.45) is 0.334. The van der Waals surface area contributed by atoms with Crippen LogP contribution >= 0.6 is 22.6 Å². The molecule has 4 nitrogen and oxygen atoms in total. The summed E-state index contributed by atoms with van der Waals surface area (Å²) in [6, 6.07) is 5.57. The van der Waals surface area contributed by atoms with Crippen molar-refractivity contribution in [1.29, 1.82) is 0 Å². The second kappa shape index (κ2) is 5.04. The number of halogens is 1. The van der Waals surface area contributed by atoms with Gasteiger partial charge < -0.3 is 16.8 Å². The van der Waals surface area contributed by atoms with Gasteiger partial charge in [-0.05, 0) is 40.8 Å². The van der Waals surface area contributed by atoms with Crippen LogP contribution in [0.1, 0.15) is 6.42 Å². The van der Waals surface area contributed by atoms with Gasteiger partial charge in [0.25, 0.3) is 0 Å². The molecule has 5 heteroatoms. The summed E-state index contributed by atoms with van der Waals surface area (Å²) in [4.78, 5) is 10.5. The number of nitrogens with two attached hydrogens (primary N) is 2. The maximum absolute atomic E-state index is 10.5. The number of anilines is 2. The largest absolute Gasteiger partial charge is 0.399 e. The van der Waals surface area contributed by atoms with Crippen LogP contribution < -0.4 is 16.8 Å². The summed E-state index contributed by atoms with van der Waals surface area (Å²) in [5, 5.41) is 3.11. The smallest absolute Gasteiger partial charge is 0.219 e. The number of nitrogens with one attached hydrogen (secondary N) is 1. The minimum atomic E-state index is -0.303. The number of hydrogen-bond donors (Lipinski definition) is 3. The van der Waals surface area contributed by atoms with Crippen molar-refractivity contribution in [3.05, 3.63) is 21.8 Å². The number of rotatable bonds is 4. The minimum absolute atomic E-state index is 0.303. The molecule has 1 aromatic rings. The molecule has 0 aliphatic rings. The molecule has 0 unspecified atom stereocenters. The summed E-state index contributed by atoms with van der Waals surface area (Å²) in [7, 11) is 0. The Kier molecular flexibility index (Phi) is 3.99. The highest BCUT2D eigenvalue weighted by Gasteiger charge is 1.99. The van der Waals surface area contributed by atoms with Gasteiger partial charge >= 0.3 is 0 Å². The first kappa shape index (κ1) is 11.1. The molecule has 1 rings (SSSR count). The fourth-order valence-corrected chi connectivity index (χ4v) is 1.73. The maximum atomic E-state index is 10.5. The van der Waals surface area contributed by atoms with Crippen LogP contribution in [0.3, 0.4) is 0 Å². The molecule has 1 amide bonds. The van der Waals surface area contributed by atoms with Crippen LogP contribution in [0, 0.1) is 3.57 Å². The van der Waals surface area contributed by atoms with Gasteiger partial charge in [0.15, 0.2) is 0 Å². The second-order valence-corrected chi connectivity index (χ2v) is 4.04. The Morgan fingerprint density at radius 1 is 1.50 bits per heavy atom. The highest BCUT2D eigenvalue weighted by atomic mass is 127. The SMILES string of the molecule is NC(=O)CCNc1ccc(N)cc1I. The molecular formula is C9H12IN3O. The number of carbonyl (C=O) groups excluding carboxylic acids is 1. The van der Waals surface area contributed by atoms with Crippen molar-refractivity contribution in [2.45, 2.75) is 6.42 Å². The van der Waals surface area contributed by atoms with Gasteiger partial charge in [-0.3, -0.25) is 4.79 Å². The molecule has 0 saturated carbocycles. The molecular weight excluding hydrogens is 293 g/mol. The van der Waals surface area contributed by atoms with Crippen molar-refractivity contribution in [3.8, 4) is 0 Å². The summed E-state index contributed by atoms with van der Waals surface area (Å²) in [6.45, 7) is 0.551. The van der Waals surface area contributed by atoms with E-state index in [9.17, 15) is 4.79 Å². The van der Waals surface area contributed by atoms with Crippen molar-refractivity contribution in [2.75, 3.05) is 17.6 Å². The Balaban J connectivity index is 2.55. The number of amides is 1. The quantitative estimate of drug-likeness (QED) is 0.577.